The highest BCUT2D eigenvalue weighted by Gasteiger charge is 2.39. The number of aryl methyl sites for hydroxylation is 1. The van der Waals surface area contributed by atoms with Crippen LogP contribution in [0, 0.1) is 11.3 Å². The molecule has 1 aliphatic carbocycles. The smallest absolute Gasteiger partial charge is 0.410 e. The Kier molecular flexibility index (Phi) is 6.41. The second-order valence-corrected chi connectivity index (χ2v) is 11.2. The standard InChI is InChI=1S/C31H31ClN2O3/c1-6-18-11-22-21-10-8-7-9-19(21)13-24(22)23(12-18)25-14-27(32)26(15-33)28(29(25)36-5)20-16-34(17-20)30(35)37-31(2,3)4/h7-12,14,20H,6,13,16-17H2,1-5H3. The summed E-state index contributed by atoms with van der Waals surface area (Å²) in [5.41, 5.74) is 8.85. The molecule has 5 rings (SSSR count). The molecular formula is C31H31ClN2O3. The number of methoxy groups -OCH3 is 1. The van der Waals surface area contributed by atoms with Crippen molar-refractivity contribution in [2.75, 3.05) is 20.2 Å². The topological polar surface area (TPSA) is 62.6 Å². The van der Waals surface area contributed by atoms with Gasteiger partial charge in [0.25, 0.3) is 0 Å². The summed E-state index contributed by atoms with van der Waals surface area (Å²) < 4.78 is 11.6. The molecule has 0 aromatic heterocycles. The van der Waals surface area contributed by atoms with Crippen LogP contribution in [0.15, 0.2) is 42.5 Å². The number of benzene rings is 3. The van der Waals surface area contributed by atoms with Crippen LogP contribution in [0.2, 0.25) is 5.02 Å². The lowest BCUT2D eigenvalue weighted by Crippen LogP contribution is -2.50. The number of amides is 1. The summed E-state index contributed by atoms with van der Waals surface area (Å²) in [7, 11) is 1.64. The number of nitriles is 1. The SMILES string of the molecule is CCc1cc2c(c(-c3cc(Cl)c(C#N)c(C4CN(C(=O)OC(C)(C)C)C4)c3OC)c1)Cc1ccccc1-2. The summed E-state index contributed by atoms with van der Waals surface area (Å²) in [6.07, 6.45) is 1.38. The van der Waals surface area contributed by atoms with E-state index in [2.05, 4.69) is 49.4 Å². The quantitative estimate of drug-likeness (QED) is 0.285. The van der Waals surface area contributed by atoms with Gasteiger partial charge in [-0.3, -0.25) is 0 Å². The number of likely N-dealkylation sites (tertiary alicyclic amines) is 1. The maximum absolute atomic E-state index is 12.6. The van der Waals surface area contributed by atoms with E-state index < -0.39 is 5.60 Å². The van der Waals surface area contributed by atoms with Crippen LogP contribution in [0.5, 0.6) is 5.75 Å². The lowest BCUT2D eigenvalue weighted by Gasteiger charge is -2.41. The van der Waals surface area contributed by atoms with Gasteiger partial charge in [-0.05, 0) is 73.1 Å². The number of carbonyl (C=O) groups is 1. The van der Waals surface area contributed by atoms with E-state index >= 15 is 0 Å². The number of nitrogens with zero attached hydrogens (tertiary/aromatic N) is 2. The lowest BCUT2D eigenvalue weighted by molar-refractivity contribution is 0.00799. The molecule has 0 unspecified atom stereocenters. The zero-order valence-corrected chi connectivity index (χ0v) is 22.7. The van der Waals surface area contributed by atoms with Gasteiger partial charge in [0, 0.05) is 30.1 Å². The van der Waals surface area contributed by atoms with Gasteiger partial charge in [0.1, 0.15) is 17.4 Å². The Morgan fingerprint density at radius 1 is 1.11 bits per heavy atom. The Hall–Kier alpha value is -3.49. The van der Waals surface area contributed by atoms with Gasteiger partial charge in [0.2, 0.25) is 0 Å². The Morgan fingerprint density at radius 2 is 1.78 bits per heavy atom. The average molecular weight is 515 g/mol. The van der Waals surface area contributed by atoms with E-state index in [1.165, 1.54) is 27.8 Å². The van der Waals surface area contributed by atoms with Crippen LogP contribution in [0.25, 0.3) is 22.3 Å². The number of ether oxygens (including phenoxy) is 2. The van der Waals surface area contributed by atoms with Crippen LogP contribution in [0.1, 0.15) is 61.4 Å². The number of hydrogen-bond donors (Lipinski definition) is 0. The second kappa shape index (κ2) is 9.43. The fraction of sp³-hybridized carbons (Fsp3) is 0.355. The molecule has 190 valence electrons. The fourth-order valence-electron chi connectivity index (χ4n) is 5.45. The zero-order valence-electron chi connectivity index (χ0n) is 21.9. The molecule has 0 saturated carbocycles. The lowest BCUT2D eigenvalue weighted by atomic mass is 9.83. The molecule has 3 aromatic carbocycles. The first-order valence-corrected chi connectivity index (χ1v) is 13.1. The number of rotatable bonds is 4. The van der Waals surface area contributed by atoms with Crippen molar-refractivity contribution in [3.05, 3.63) is 75.3 Å². The normalized spacial score (nSPS) is 14.5. The van der Waals surface area contributed by atoms with Crippen molar-refractivity contribution in [3.8, 4) is 34.1 Å². The fourth-order valence-corrected chi connectivity index (χ4v) is 5.70. The van der Waals surface area contributed by atoms with Crippen LogP contribution >= 0.6 is 11.6 Å². The van der Waals surface area contributed by atoms with Gasteiger partial charge < -0.3 is 14.4 Å². The molecule has 0 bridgehead atoms. The molecule has 2 aliphatic rings. The van der Waals surface area contributed by atoms with Crippen LogP contribution in [-0.2, 0) is 17.6 Å². The van der Waals surface area contributed by atoms with Crippen molar-refractivity contribution in [3.63, 3.8) is 0 Å². The molecule has 0 spiro atoms. The van der Waals surface area contributed by atoms with Crippen molar-refractivity contribution in [2.24, 2.45) is 0 Å². The second-order valence-electron chi connectivity index (χ2n) is 10.8. The Morgan fingerprint density at radius 3 is 2.41 bits per heavy atom. The number of hydrogen-bond acceptors (Lipinski definition) is 4. The highest BCUT2D eigenvalue weighted by Crippen LogP contribution is 2.49. The Labute approximate surface area is 223 Å². The van der Waals surface area contributed by atoms with Gasteiger partial charge in [0.05, 0.1) is 17.7 Å². The largest absolute Gasteiger partial charge is 0.496 e. The average Bonchev–Trinajstić information content (AvgIpc) is 3.20. The van der Waals surface area contributed by atoms with Crippen molar-refractivity contribution >= 4 is 17.7 Å². The third-order valence-corrected chi connectivity index (χ3v) is 7.51. The van der Waals surface area contributed by atoms with Crippen molar-refractivity contribution in [2.45, 2.75) is 52.1 Å². The summed E-state index contributed by atoms with van der Waals surface area (Å²) in [5.74, 6) is 0.579. The van der Waals surface area contributed by atoms with Gasteiger partial charge in [0.15, 0.2) is 0 Å². The van der Waals surface area contributed by atoms with Gasteiger partial charge >= 0.3 is 6.09 Å². The maximum atomic E-state index is 12.6. The molecule has 37 heavy (non-hydrogen) atoms. The van der Waals surface area contributed by atoms with E-state index in [4.69, 9.17) is 21.1 Å². The summed E-state index contributed by atoms with van der Waals surface area (Å²) >= 11 is 6.76. The van der Waals surface area contributed by atoms with Gasteiger partial charge in [-0.1, -0.05) is 54.9 Å². The Bertz CT molecular complexity index is 1440. The Balaban J connectivity index is 1.61. The van der Waals surface area contributed by atoms with Crippen molar-refractivity contribution in [1.82, 2.24) is 4.90 Å². The van der Waals surface area contributed by atoms with E-state index in [0.29, 0.717) is 29.4 Å². The minimum Gasteiger partial charge on any atom is -0.496 e. The van der Waals surface area contributed by atoms with E-state index in [9.17, 15) is 10.1 Å². The number of fused-ring (bicyclic) bond motifs is 3. The first-order valence-electron chi connectivity index (χ1n) is 12.7. The summed E-state index contributed by atoms with van der Waals surface area (Å²) in [4.78, 5) is 14.2. The van der Waals surface area contributed by atoms with E-state index in [-0.39, 0.29) is 12.0 Å². The molecule has 1 saturated heterocycles. The minimum absolute atomic E-state index is 0.0748. The highest BCUT2D eigenvalue weighted by atomic mass is 35.5. The summed E-state index contributed by atoms with van der Waals surface area (Å²) in [6, 6.07) is 17.2. The van der Waals surface area contributed by atoms with Crippen LogP contribution in [0.3, 0.4) is 0 Å². The molecule has 0 atom stereocenters. The molecule has 3 aromatic rings. The van der Waals surface area contributed by atoms with Crippen molar-refractivity contribution < 1.29 is 14.3 Å². The van der Waals surface area contributed by atoms with E-state index in [0.717, 1.165) is 29.5 Å². The third-order valence-electron chi connectivity index (χ3n) is 7.21. The zero-order chi connectivity index (χ0) is 26.5. The third kappa shape index (κ3) is 4.45. The number of halogens is 1. The first-order chi connectivity index (χ1) is 17.6. The molecular weight excluding hydrogens is 484 g/mol. The summed E-state index contributed by atoms with van der Waals surface area (Å²) in [6.45, 7) is 8.59. The van der Waals surface area contributed by atoms with Crippen LogP contribution < -0.4 is 4.74 Å². The van der Waals surface area contributed by atoms with Crippen molar-refractivity contribution in [1.29, 1.82) is 5.26 Å². The maximum Gasteiger partial charge on any atom is 0.410 e. The predicted molar refractivity (Wildman–Crippen MR) is 146 cm³/mol. The first kappa shape index (κ1) is 25.2. The van der Waals surface area contributed by atoms with Gasteiger partial charge in [-0.2, -0.15) is 5.26 Å². The molecule has 0 radical (unpaired) electrons. The minimum atomic E-state index is -0.566. The van der Waals surface area contributed by atoms with E-state index in [1.807, 2.05) is 26.8 Å². The predicted octanol–water partition coefficient (Wildman–Crippen LogP) is 7.36. The molecule has 5 nitrogen and oxygen atoms in total. The molecule has 1 fully saturated rings. The van der Waals surface area contributed by atoms with Crippen LogP contribution in [-0.4, -0.2) is 36.8 Å². The van der Waals surface area contributed by atoms with Gasteiger partial charge in [-0.25, -0.2) is 4.79 Å². The van der Waals surface area contributed by atoms with E-state index in [1.54, 1.807) is 12.0 Å². The molecule has 6 heteroatoms. The molecule has 1 heterocycles. The molecule has 0 N–H and O–H groups in total. The number of carbonyl (C=O) groups excluding carboxylic acids is 1. The van der Waals surface area contributed by atoms with Gasteiger partial charge in [-0.15, -0.1) is 0 Å². The highest BCUT2D eigenvalue weighted by molar-refractivity contribution is 6.32. The molecule has 1 aliphatic heterocycles. The monoisotopic (exact) mass is 514 g/mol. The summed E-state index contributed by atoms with van der Waals surface area (Å²) in [5, 5.41) is 10.4. The molecule has 1 amide bonds. The van der Waals surface area contributed by atoms with Crippen LogP contribution in [0.4, 0.5) is 4.79 Å².